The molecule has 1 saturated heterocycles. The smallest absolute Gasteiger partial charge is 0.242 e. The fourth-order valence-corrected chi connectivity index (χ4v) is 5.42. The molecule has 4 aromatic rings. The number of rotatable bonds is 10. The van der Waals surface area contributed by atoms with E-state index in [1.165, 1.54) is 11.8 Å². The Hall–Kier alpha value is -4.79. The zero-order valence-corrected chi connectivity index (χ0v) is 24.9. The Morgan fingerprint density at radius 1 is 0.930 bits per heavy atom. The van der Waals surface area contributed by atoms with E-state index in [1.54, 1.807) is 12.1 Å². The highest BCUT2D eigenvalue weighted by molar-refractivity contribution is 6.22. The Balaban J connectivity index is 1.53. The number of piperidine rings is 1. The van der Waals surface area contributed by atoms with Crippen LogP contribution in [0.4, 0.5) is 11.4 Å². The van der Waals surface area contributed by atoms with Gasteiger partial charge in [-0.1, -0.05) is 30.3 Å². The molecule has 9 nitrogen and oxygen atoms in total. The first-order valence-electron chi connectivity index (χ1n) is 14.8. The Kier molecular flexibility index (Phi) is 9.29. The first kappa shape index (κ1) is 29.7. The summed E-state index contributed by atoms with van der Waals surface area (Å²) in [5.41, 5.74) is 3.84. The van der Waals surface area contributed by atoms with Gasteiger partial charge in [-0.05, 0) is 63.4 Å². The summed E-state index contributed by atoms with van der Waals surface area (Å²) >= 11 is 0. The Labute approximate surface area is 251 Å². The maximum Gasteiger partial charge on any atom is 0.242 e. The van der Waals surface area contributed by atoms with Crippen LogP contribution >= 0.6 is 0 Å². The molecule has 3 aromatic carbocycles. The van der Waals surface area contributed by atoms with Crippen LogP contribution in [0.15, 0.2) is 71.7 Å². The minimum absolute atomic E-state index is 0.00230. The lowest BCUT2D eigenvalue weighted by atomic mass is 10.0. The van der Waals surface area contributed by atoms with Crippen LogP contribution in [0.5, 0.6) is 17.4 Å². The number of aromatic amines is 1. The molecule has 0 unspecified atom stereocenters. The van der Waals surface area contributed by atoms with E-state index in [-0.39, 0.29) is 24.2 Å². The number of nitrogens with zero attached hydrogens (tertiary/aromatic N) is 3. The van der Waals surface area contributed by atoms with Crippen LogP contribution in [-0.2, 0) is 9.59 Å². The van der Waals surface area contributed by atoms with Gasteiger partial charge in [0.25, 0.3) is 0 Å². The third kappa shape index (κ3) is 6.66. The van der Waals surface area contributed by atoms with Crippen molar-refractivity contribution in [1.82, 2.24) is 9.88 Å². The van der Waals surface area contributed by atoms with Crippen molar-refractivity contribution in [3.05, 3.63) is 77.9 Å². The molecule has 0 saturated carbocycles. The Morgan fingerprint density at radius 3 is 2.21 bits per heavy atom. The standard InChI is InChI=1S/C34H38N4O5/c1-4-42-29-20-27-28(21-30(29)43-5-2)36-34(41)32(27)33(24-12-8-6-9-13-24)35-25-14-16-26(17-15-25)38(23(3)39)22-31(40)37-18-10-7-11-19-37/h6,8-9,12-17,20-21,36,41H,4-5,7,10-11,18-19,22H2,1-3H3. The van der Waals surface area contributed by atoms with Gasteiger partial charge in [0.05, 0.1) is 35.7 Å². The van der Waals surface area contributed by atoms with Gasteiger partial charge in [0.2, 0.25) is 11.8 Å². The third-order valence-electron chi connectivity index (χ3n) is 7.51. The number of anilines is 1. The Bertz CT molecular complexity index is 1610. The van der Waals surface area contributed by atoms with E-state index in [2.05, 4.69) is 4.98 Å². The number of H-pyrrole nitrogens is 1. The molecule has 1 aliphatic rings. The van der Waals surface area contributed by atoms with Crippen molar-refractivity contribution in [1.29, 1.82) is 0 Å². The van der Waals surface area contributed by atoms with Gasteiger partial charge in [0.1, 0.15) is 6.54 Å². The van der Waals surface area contributed by atoms with Crippen molar-refractivity contribution in [2.24, 2.45) is 4.99 Å². The van der Waals surface area contributed by atoms with Gasteiger partial charge in [0.15, 0.2) is 17.4 Å². The molecule has 0 bridgehead atoms. The molecule has 2 heterocycles. The lowest BCUT2D eigenvalue weighted by Crippen LogP contribution is -2.44. The molecule has 2 amide bonds. The number of carbonyl (C=O) groups excluding carboxylic acids is 2. The average Bonchev–Trinajstić information content (AvgIpc) is 3.34. The summed E-state index contributed by atoms with van der Waals surface area (Å²) in [5, 5.41) is 11.9. The summed E-state index contributed by atoms with van der Waals surface area (Å²) in [6.07, 6.45) is 3.12. The molecule has 1 aliphatic heterocycles. The maximum absolute atomic E-state index is 12.9. The quantitative estimate of drug-likeness (QED) is 0.216. The van der Waals surface area contributed by atoms with Gasteiger partial charge < -0.3 is 29.4 Å². The van der Waals surface area contributed by atoms with E-state index in [0.717, 1.165) is 43.3 Å². The molecule has 0 aliphatic carbocycles. The number of aromatic hydroxyl groups is 1. The number of aliphatic imine (C=N–C) groups is 1. The molecule has 1 aromatic heterocycles. The monoisotopic (exact) mass is 582 g/mol. The van der Waals surface area contributed by atoms with E-state index in [1.807, 2.05) is 73.3 Å². The van der Waals surface area contributed by atoms with E-state index >= 15 is 0 Å². The second kappa shape index (κ2) is 13.5. The van der Waals surface area contributed by atoms with E-state index in [4.69, 9.17) is 14.5 Å². The summed E-state index contributed by atoms with van der Waals surface area (Å²) in [4.78, 5) is 36.9. The number of carbonyl (C=O) groups is 2. The highest BCUT2D eigenvalue weighted by Gasteiger charge is 2.23. The Morgan fingerprint density at radius 2 is 1.58 bits per heavy atom. The predicted molar refractivity (Wildman–Crippen MR) is 169 cm³/mol. The summed E-state index contributed by atoms with van der Waals surface area (Å²) in [5.74, 6) is 0.901. The normalized spacial score (nSPS) is 13.7. The molecule has 9 heteroatoms. The van der Waals surface area contributed by atoms with Crippen molar-refractivity contribution in [3.8, 4) is 17.4 Å². The van der Waals surface area contributed by atoms with Gasteiger partial charge in [-0.2, -0.15) is 0 Å². The van der Waals surface area contributed by atoms with Gasteiger partial charge in [-0.15, -0.1) is 0 Å². The largest absolute Gasteiger partial charge is 0.494 e. The SMILES string of the molecule is CCOc1cc2[nH]c(O)c(C(=Nc3ccc(N(CC(=O)N4CCCCC4)C(C)=O)cc3)c3ccccc3)c2cc1OCC. The van der Waals surface area contributed by atoms with E-state index < -0.39 is 0 Å². The minimum Gasteiger partial charge on any atom is -0.494 e. The number of ether oxygens (including phenoxy) is 2. The maximum atomic E-state index is 12.9. The number of nitrogens with one attached hydrogen (secondary N) is 1. The minimum atomic E-state index is -0.202. The molecular formula is C34H38N4O5. The molecule has 2 N–H and O–H groups in total. The molecule has 5 rings (SSSR count). The van der Waals surface area contributed by atoms with Gasteiger partial charge >= 0.3 is 0 Å². The second-order valence-electron chi connectivity index (χ2n) is 10.4. The highest BCUT2D eigenvalue weighted by atomic mass is 16.5. The number of fused-ring (bicyclic) bond motifs is 1. The van der Waals surface area contributed by atoms with Crippen molar-refractivity contribution in [2.45, 2.75) is 40.0 Å². The van der Waals surface area contributed by atoms with Crippen LogP contribution < -0.4 is 14.4 Å². The predicted octanol–water partition coefficient (Wildman–Crippen LogP) is 6.21. The van der Waals surface area contributed by atoms with Gasteiger partial charge in [0, 0.05) is 42.7 Å². The van der Waals surface area contributed by atoms with Crippen molar-refractivity contribution < 1.29 is 24.2 Å². The zero-order valence-electron chi connectivity index (χ0n) is 24.9. The first-order valence-corrected chi connectivity index (χ1v) is 14.8. The van der Waals surface area contributed by atoms with Crippen molar-refractivity contribution in [2.75, 3.05) is 37.7 Å². The van der Waals surface area contributed by atoms with Crippen LogP contribution in [0.1, 0.15) is 51.2 Å². The zero-order chi connectivity index (χ0) is 30.3. The molecule has 224 valence electrons. The molecule has 0 atom stereocenters. The fourth-order valence-electron chi connectivity index (χ4n) is 5.42. The lowest BCUT2D eigenvalue weighted by molar-refractivity contribution is -0.132. The number of benzene rings is 3. The van der Waals surface area contributed by atoms with Crippen LogP contribution in [0, 0.1) is 0 Å². The number of hydrogen-bond donors (Lipinski definition) is 2. The summed E-state index contributed by atoms with van der Waals surface area (Å²) in [7, 11) is 0. The average molecular weight is 583 g/mol. The van der Waals surface area contributed by atoms with Crippen LogP contribution in [0.3, 0.4) is 0 Å². The van der Waals surface area contributed by atoms with Crippen LogP contribution in [-0.4, -0.2) is 65.4 Å². The lowest BCUT2D eigenvalue weighted by Gasteiger charge is -2.29. The summed E-state index contributed by atoms with van der Waals surface area (Å²) < 4.78 is 11.7. The number of amides is 2. The van der Waals surface area contributed by atoms with E-state index in [0.29, 0.717) is 52.9 Å². The number of likely N-dealkylation sites (tertiary alicyclic amines) is 1. The van der Waals surface area contributed by atoms with Crippen LogP contribution in [0.25, 0.3) is 10.9 Å². The highest BCUT2D eigenvalue weighted by Crippen LogP contribution is 2.39. The molecule has 43 heavy (non-hydrogen) atoms. The molecule has 0 spiro atoms. The topological polar surface area (TPSA) is 107 Å². The second-order valence-corrected chi connectivity index (χ2v) is 10.4. The summed E-state index contributed by atoms with van der Waals surface area (Å²) in [6.45, 7) is 7.70. The van der Waals surface area contributed by atoms with Crippen molar-refractivity contribution in [3.63, 3.8) is 0 Å². The van der Waals surface area contributed by atoms with Gasteiger partial charge in [-0.25, -0.2) is 4.99 Å². The van der Waals surface area contributed by atoms with Crippen LogP contribution in [0.2, 0.25) is 0 Å². The first-order chi connectivity index (χ1) is 20.9. The fraction of sp³-hybridized carbons (Fsp3) is 0.324. The molecule has 0 radical (unpaired) electrons. The van der Waals surface area contributed by atoms with Gasteiger partial charge in [-0.3, -0.25) is 9.59 Å². The number of aromatic nitrogens is 1. The molecule has 1 fully saturated rings. The molecular weight excluding hydrogens is 544 g/mol. The summed E-state index contributed by atoms with van der Waals surface area (Å²) in [6, 6.07) is 20.5. The van der Waals surface area contributed by atoms with Crippen molar-refractivity contribution >= 4 is 39.8 Å². The third-order valence-corrected chi connectivity index (χ3v) is 7.51. The van der Waals surface area contributed by atoms with E-state index in [9.17, 15) is 14.7 Å². The number of hydrogen-bond acceptors (Lipinski definition) is 6.